The fraction of sp³-hybridized carbons (Fsp3) is 0.909. The maximum absolute atomic E-state index is 4.47. The second kappa shape index (κ2) is 4.12. The summed E-state index contributed by atoms with van der Waals surface area (Å²) in [5.74, 6) is 2.12. The summed E-state index contributed by atoms with van der Waals surface area (Å²) >= 11 is 0. The molecule has 1 aliphatic heterocycles. The van der Waals surface area contributed by atoms with Gasteiger partial charge in [0.05, 0.1) is 5.84 Å². The number of rotatable bonds is 1. The molecule has 0 spiro atoms. The molecule has 2 nitrogen and oxygen atoms in total. The van der Waals surface area contributed by atoms with Crippen LogP contribution < -0.4 is 5.32 Å². The van der Waals surface area contributed by atoms with E-state index in [0.29, 0.717) is 6.04 Å². The first kappa shape index (κ1) is 9.04. The van der Waals surface area contributed by atoms with Gasteiger partial charge in [-0.3, -0.25) is 4.99 Å². The Kier molecular flexibility index (Phi) is 2.87. The van der Waals surface area contributed by atoms with E-state index < -0.39 is 0 Å². The van der Waals surface area contributed by atoms with E-state index in [1.807, 2.05) is 0 Å². The first-order chi connectivity index (χ1) is 6.36. The minimum Gasteiger partial charge on any atom is -0.371 e. The third-order valence-electron chi connectivity index (χ3n) is 3.34. The van der Waals surface area contributed by atoms with Crippen LogP contribution in [0.1, 0.15) is 45.4 Å². The molecule has 1 saturated carbocycles. The normalized spacial score (nSPS) is 34.4. The van der Waals surface area contributed by atoms with E-state index in [0.717, 1.165) is 12.5 Å². The molecular formula is C11H20N2. The highest BCUT2D eigenvalue weighted by Gasteiger charge is 2.22. The molecular weight excluding hydrogens is 160 g/mol. The fourth-order valence-electron chi connectivity index (χ4n) is 2.40. The van der Waals surface area contributed by atoms with Crippen LogP contribution in [-0.2, 0) is 0 Å². The molecule has 2 unspecified atom stereocenters. The molecule has 0 aromatic carbocycles. The van der Waals surface area contributed by atoms with Crippen molar-refractivity contribution in [2.45, 2.75) is 51.5 Å². The maximum atomic E-state index is 4.47. The van der Waals surface area contributed by atoms with E-state index in [1.165, 1.54) is 44.4 Å². The monoisotopic (exact) mass is 180 g/mol. The Morgan fingerprint density at radius 3 is 2.77 bits per heavy atom. The molecule has 0 aromatic rings. The summed E-state index contributed by atoms with van der Waals surface area (Å²) in [5.41, 5.74) is 0. The van der Waals surface area contributed by atoms with Crippen LogP contribution in [0.15, 0.2) is 4.99 Å². The average molecular weight is 180 g/mol. The predicted octanol–water partition coefficient (Wildman–Crippen LogP) is 2.35. The van der Waals surface area contributed by atoms with Crippen molar-refractivity contribution >= 4 is 5.84 Å². The van der Waals surface area contributed by atoms with Crippen LogP contribution in [0, 0.1) is 5.92 Å². The van der Waals surface area contributed by atoms with Gasteiger partial charge in [-0.15, -0.1) is 0 Å². The average Bonchev–Trinajstić information content (AvgIpc) is 2.61. The zero-order valence-corrected chi connectivity index (χ0v) is 8.55. The van der Waals surface area contributed by atoms with Crippen LogP contribution in [0.4, 0.5) is 0 Å². The zero-order chi connectivity index (χ0) is 9.10. The molecule has 1 heterocycles. The van der Waals surface area contributed by atoms with Crippen LogP contribution in [-0.4, -0.2) is 18.4 Å². The molecule has 2 aliphatic rings. The number of nitrogens with zero attached hydrogens (tertiary/aromatic N) is 1. The van der Waals surface area contributed by atoms with E-state index in [-0.39, 0.29) is 0 Å². The molecule has 1 N–H and O–H groups in total. The molecule has 1 fully saturated rings. The smallest absolute Gasteiger partial charge is 0.0965 e. The molecule has 13 heavy (non-hydrogen) atoms. The highest BCUT2D eigenvalue weighted by atomic mass is 15.0. The Balaban J connectivity index is 1.85. The lowest BCUT2D eigenvalue weighted by atomic mass is 9.86. The third-order valence-corrected chi connectivity index (χ3v) is 3.34. The fourth-order valence-corrected chi connectivity index (χ4v) is 2.40. The number of hydrogen-bond acceptors (Lipinski definition) is 2. The predicted molar refractivity (Wildman–Crippen MR) is 56.1 cm³/mol. The van der Waals surface area contributed by atoms with Crippen molar-refractivity contribution in [2.75, 3.05) is 6.54 Å². The quantitative estimate of drug-likeness (QED) is 0.658. The van der Waals surface area contributed by atoms with Crippen molar-refractivity contribution in [3.05, 3.63) is 0 Å². The summed E-state index contributed by atoms with van der Waals surface area (Å²) in [6.07, 6.45) is 8.00. The first-order valence-corrected chi connectivity index (χ1v) is 5.66. The summed E-state index contributed by atoms with van der Waals surface area (Å²) in [5, 5.41) is 3.62. The largest absolute Gasteiger partial charge is 0.371 e. The summed E-state index contributed by atoms with van der Waals surface area (Å²) < 4.78 is 0. The lowest BCUT2D eigenvalue weighted by Gasteiger charge is -2.30. The standard InChI is InChI=1S/C11H20N2/c1-9-5-2-3-6-10(9)13-11-7-4-8-12-11/h9-10H,2-8H2,1H3,(H,12,13). The second-order valence-electron chi connectivity index (χ2n) is 4.44. The molecule has 0 aromatic heterocycles. The molecule has 1 aliphatic carbocycles. The van der Waals surface area contributed by atoms with E-state index >= 15 is 0 Å². The van der Waals surface area contributed by atoms with Gasteiger partial charge in [0.1, 0.15) is 0 Å². The van der Waals surface area contributed by atoms with Gasteiger partial charge in [-0.1, -0.05) is 19.8 Å². The Bertz CT molecular complexity index is 198. The summed E-state index contributed by atoms with van der Waals surface area (Å²) in [7, 11) is 0. The molecule has 0 amide bonds. The highest BCUT2D eigenvalue weighted by Crippen LogP contribution is 2.24. The number of hydrogen-bond donors (Lipinski definition) is 1. The molecule has 0 radical (unpaired) electrons. The van der Waals surface area contributed by atoms with Gasteiger partial charge in [0.25, 0.3) is 0 Å². The van der Waals surface area contributed by atoms with Gasteiger partial charge in [-0.2, -0.15) is 0 Å². The number of amidine groups is 1. The van der Waals surface area contributed by atoms with Crippen molar-refractivity contribution in [1.29, 1.82) is 0 Å². The first-order valence-electron chi connectivity index (χ1n) is 5.66. The van der Waals surface area contributed by atoms with Crippen LogP contribution in [0.5, 0.6) is 0 Å². The van der Waals surface area contributed by atoms with Crippen molar-refractivity contribution in [3.63, 3.8) is 0 Å². The molecule has 2 heteroatoms. The highest BCUT2D eigenvalue weighted by molar-refractivity contribution is 5.83. The summed E-state index contributed by atoms with van der Waals surface area (Å²) in [6.45, 7) is 3.41. The van der Waals surface area contributed by atoms with Crippen LogP contribution >= 0.6 is 0 Å². The Morgan fingerprint density at radius 1 is 1.23 bits per heavy atom. The lowest BCUT2D eigenvalue weighted by molar-refractivity contribution is 0.308. The van der Waals surface area contributed by atoms with Gasteiger partial charge < -0.3 is 5.32 Å². The van der Waals surface area contributed by atoms with Gasteiger partial charge in [-0.05, 0) is 25.2 Å². The molecule has 0 bridgehead atoms. The van der Waals surface area contributed by atoms with Gasteiger partial charge >= 0.3 is 0 Å². The maximum Gasteiger partial charge on any atom is 0.0965 e. The minimum atomic E-state index is 0.714. The second-order valence-corrected chi connectivity index (χ2v) is 4.44. The molecule has 2 rings (SSSR count). The third kappa shape index (κ3) is 2.23. The number of nitrogens with one attached hydrogen (secondary N) is 1. The van der Waals surface area contributed by atoms with Crippen LogP contribution in [0.25, 0.3) is 0 Å². The molecule has 2 atom stereocenters. The molecule has 74 valence electrons. The Hall–Kier alpha value is -0.530. The van der Waals surface area contributed by atoms with Gasteiger partial charge in [0, 0.05) is 19.0 Å². The SMILES string of the molecule is CC1CCCCC1NC1=NCCC1. The van der Waals surface area contributed by atoms with Crippen molar-refractivity contribution in [2.24, 2.45) is 10.9 Å². The molecule has 0 saturated heterocycles. The van der Waals surface area contributed by atoms with E-state index in [2.05, 4.69) is 17.2 Å². The van der Waals surface area contributed by atoms with Crippen LogP contribution in [0.2, 0.25) is 0 Å². The van der Waals surface area contributed by atoms with Crippen molar-refractivity contribution in [3.8, 4) is 0 Å². The Labute approximate surface area is 80.8 Å². The summed E-state index contributed by atoms with van der Waals surface area (Å²) in [6, 6.07) is 0.714. The zero-order valence-electron chi connectivity index (χ0n) is 8.55. The van der Waals surface area contributed by atoms with Crippen molar-refractivity contribution in [1.82, 2.24) is 5.32 Å². The Morgan fingerprint density at radius 2 is 2.08 bits per heavy atom. The van der Waals surface area contributed by atoms with E-state index in [9.17, 15) is 0 Å². The van der Waals surface area contributed by atoms with Gasteiger partial charge in [0.15, 0.2) is 0 Å². The van der Waals surface area contributed by atoms with Crippen molar-refractivity contribution < 1.29 is 0 Å². The lowest BCUT2D eigenvalue weighted by Crippen LogP contribution is -2.40. The topological polar surface area (TPSA) is 24.4 Å². The summed E-state index contributed by atoms with van der Waals surface area (Å²) in [4.78, 5) is 4.47. The van der Waals surface area contributed by atoms with Gasteiger partial charge in [-0.25, -0.2) is 0 Å². The van der Waals surface area contributed by atoms with E-state index in [1.54, 1.807) is 0 Å². The minimum absolute atomic E-state index is 0.714. The van der Waals surface area contributed by atoms with Crippen LogP contribution in [0.3, 0.4) is 0 Å². The van der Waals surface area contributed by atoms with E-state index in [4.69, 9.17) is 0 Å². The van der Waals surface area contributed by atoms with Gasteiger partial charge in [0.2, 0.25) is 0 Å². The number of aliphatic imine (C=N–C) groups is 1.